The molecule has 0 N–H and O–H groups in total. The van der Waals surface area contributed by atoms with E-state index in [1.54, 1.807) is 0 Å². The lowest BCUT2D eigenvalue weighted by Crippen LogP contribution is -2.11. The molecule has 0 spiro atoms. The Labute approximate surface area is 126 Å². The zero-order valence-corrected chi connectivity index (χ0v) is 12.7. The largest absolute Gasteiger partial charge is 0.494 e. The van der Waals surface area contributed by atoms with Gasteiger partial charge in [0.2, 0.25) is 0 Å². The molecule has 0 aromatic heterocycles. The van der Waals surface area contributed by atoms with E-state index in [2.05, 4.69) is 19.1 Å². The number of rotatable bonds is 6. The summed E-state index contributed by atoms with van der Waals surface area (Å²) in [7, 11) is 0. The second kappa shape index (κ2) is 8.16. The molecule has 1 aromatic rings. The maximum atomic E-state index is 12.3. The smallest absolute Gasteiger partial charge is 0.266 e. The van der Waals surface area contributed by atoms with Crippen molar-refractivity contribution >= 4 is 0 Å². The van der Waals surface area contributed by atoms with Crippen molar-refractivity contribution in [3.05, 3.63) is 42.0 Å². The fourth-order valence-electron chi connectivity index (χ4n) is 2.97. The van der Waals surface area contributed by atoms with Gasteiger partial charge in [-0.25, -0.2) is 0 Å². The van der Waals surface area contributed by atoms with E-state index >= 15 is 0 Å². The minimum atomic E-state index is -1.54. The average Bonchev–Trinajstić information content (AvgIpc) is 2.49. The highest BCUT2D eigenvalue weighted by atomic mass is 19.3. The van der Waals surface area contributed by atoms with E-state index in [9.17, 15) is 8.78 Å². The van der Waals surface area contributed by atoms with E-state index in [4.69, 9.17) is 4.74 Å². The molecule has 0 unspecified atom stereocenters. The lowest BCUT2D eigenvalue weighted by Gasteiger charge is -2.26. The summed E-state index contributed by atoms with van der Waals surface area (Å²) < 4.78 is 30.2. The van der Waals surface area contributed by atoms with Crippen molar-refractivity contribution in [1.29, 1.82) is 0 Å². The first kappa shape index (κ1) is 16.0. The number of allylic oxidation sites excluding steroid dienone is 1. The van der Waals surface area contributed by atoms with Crippen LogP contribution < -0.4 is 4.74 Å². The first-order chi connectivity index (χ1) is 10.2. The van der Waals surface area contributed by atoms with Crippen LogP contribution in [0.15, 0.2) is 36.4 Å². The van der Waals surface area contributed by atoms with Gasteiger partial charge in [-0.2, -0.15) is 8.78 Å². The Bertz CT molecular complexity index is 441. The lowest BCUT2D eigenvalue weighted by molar-refractivity contribution is 0.309. The molecule has 1 saturated carbocycles. The first-order valence-corrected chi connectivity index (χ1v) is 7.94. The normalized spacial score (nSPS) is 21.9. The van der Waals surface area contributed by atoms with Crippen molar-refractivity contribution in [3.8, 4) is 5.75 Å². The molecule has 1 aromatic carbocycles. The van der Waals surface area contributed by atoms with E-state index in [1.165, 1.54) is 5.56 Å². The number of unbranched alkanes of at least 4 members (excludes halogenated alkanes) is 1. The Morgan fingerprint density at radius 3 is 2.38 bits per heavy atom. The van der Waals surface area contributed by atoms with Crippen molar-refractivity contribution in [2.45, 2.75) is 51.4 Å². The third-order valence-electron chi connectivity index (χ3n) is 4.25. The zero-order valence-electron chi connectivity index (χ0n) is 12.7. The van der Waals surface area contributed by atoms with Gasteiger partial charge in [-0.1, -0.05) is 25.5 Å². The molecular weight excluding hydrogens is 270 g/mol. The number of hydrogen-bond acceptors (Lipinski definition) is 1. The molecule has 2 rings (SSSR count). The molecule has 1 aliphatic rings. The molecule has 0 atom stereocenters. The Morgan fingerprint density at radius 1 is 1.14 bits per heavy atom. The van der Waals surface area contributed by atoms with E-state index in [0.29, 0.717) is 5.92 Å². The predicted octanol–water partition coefficient (Wildman–Crippen LogP) is 5.92. The summed E-state index contributed by atoms with van der Waals surface area (Å²) in [5.74, 6) is 1.48. The number of benzene rings is 1. The van der Waals surface area contributed by atoms with Crippen LogP contribution in [0.25, 0.3) is 0 Å². The second-order valence-corrected chi connectivity index (χ2v) is 5.84. The molecule has 116 valence electrons. The summed E-state index contributed by atoms with van der Waals surface area (Å²) in [4.78, 5) is 0. The van der Waals surface area contributed by atoms with Crippen molar-refractivity contribution in [3.63, 3.8) is 0 Å². The van der Waals surface area contributed by atoms with Gasteiger partial charge < -0.3 is 4.74 Å². The molecule has 0 bridgehead atoms. The first-order valence-electron chi connectivity index (χ1n) is 7.94. The highest BCUT2D eigenvalue weighted by Crippen LogP contribution is 2.37. The third-order valence-corrected chi connectivity index (χ3v) is 4.25. The van der Waals surface area contributed by atoms with Crippen molar-refractivity contribution < 1.29 is 13.5 Å². The number of hydrogen-bond donors (Lipinski definition) is 0. The molecule has 0 amide bonds. The fourth-order valence-corrected chi connectivity index (χ4v) is 2.97. The molecule has 21 heavy (non-hydrogen) atoms. The van der Waals surface area contributed by atoms with Crippen LogP contribution in [-0.2, 0) is 0 Å². The predicted molar refractivity (Wildman–Crippen MR) is 81.8 cm³/mol. The fraction of sp³-hybridized carbons (Fsp3) is 0.556. The van der Waals surface area contributed by atoms with Crippen molar-refractivity contribution in [2.24, 2.45) is 5.92 Å². The molecule has 3 heteroatoms. The summed E-state index contributed by atoms with van der Waals surface area (Å²) in [6.07, 6.45) is 5.50. The van der Waals surface area contributed by atoms with Gasteiger partial charge in [0.15, 0.2) is 0 Å². The van der Waals surface area contributed by atoms with Crippen LogP contribution in [-0.4, -0.2) is 6.61 Å². The monoisotopic (exact) mass is 294 g/mol. The standard InChI is InChI=1S/C18H24F2O/c1-2-3-12-21-17-10-8-16(9-11-17)15-6-4-14(5-7-15)13-18(19)20/h8-11,13-15H,2-7,12H2,1H3/t14-,15-. The summed E-state index contributed by atoms with van der Waals surface area (Å²) in [6, 6.07) is 8.30. The maximum Gasteiger partial charge on any atom is 0.266 e. The molecule has 1 nitrogen and oxygen atoms in total. The summed E-state index contributed by atoms with van der Waals surface area (Å²) in [5, 5.41) is 0. The van der Waals surface area contributed by atoms with Crippen LogP contribution in [0, 0.1) is 5.92 Å². The highest BCUT2D eigenvalue weighted by molar-refractivity contribution is 5.29. The van der Waals surface area contributed by atoms with Crippen LogP contribution in [0.4, 0.5) is 8.78 Å². The summed E-state index contributed by atoms with van der Waals surface area (Å²) in [6.45, 7) is 2.91. The summed E-state index contributed by atoms with van der Waals surface area (Å²) in [5.41, 5.74) is 1.31. The molecule has 0 radical (unpaired) electrons. The molecule has 1 aliphatic carbocycles. The Hall–Kier alpha value is -1.38. The van der Waals surface area contributed by atoms with E-state index in [1.807, 2.05) is 12.1 Å². The Morgan fingerprint density at radius 2 is 1.81 bits per heavy atom. The van der Waals surface area contributed by atoms with Crippen molar-refractivity contribution in [2.75, 3.05) is 6.61 Å². The van der Waals surface area contributed by atoms with Gasteiger partial charge in [0, 0.05) is 0 Å². The van der Waals surface area contributed by atoms with Gasteiger partial charge in [-0.05, 0) is 67.7 Å². The topological polar surface area (TPSA) is 9.23 Å². The van der Waals surface area contributed by atoms with Gasteiger partial charge in [0.05, 0.1) is 6.61 Å². The zero-order chi connectivity index (χ0) is 15.1. The van der Waals surface area contributed by atoms with Gasteiger partial charge in [0.25, 0.3) is 6.08 Å². The quantitative estimate of drug-likeness (QED) is 0.592. The van der Waals surface area contributed by atoms with E-state index in [0.717, 1.165) is 57.0 Å². The van der Waals surface area contributed by atoms with Gasteiger partial charge in [-0.15, -0.1) is 0 Å². The average molecular weight is 294 g/mol. The highest BCUT2D eigenvalue weighted by Gasteiger charge is 2.21. The molecule has 0 aliphatic heterocycles. The number of ether oxygens (including phenoxy) is 1. The summed E-state index contributed by atoms with van der Waals surface area (Å²) >= 11 is 0. The third kappa shape index (κ3) is 5.14. The minimum absolute atomic E-state index is 0.0582. The van der Waals surface area contributed by atoms with Gasteiger partial charge in [0.1, 0.15) is 5.75 Å². The van der Waals surface area contributed by atoms with Gasteiger partial charge in [-0.3, -0.25) is 0 Å². The molecule has 0 saturated heterocycles. The van der Waals surface area contributed by atoms with Crippen LogP contribution in [0.3, 0.4) is 0 Å². The second-order valence-electron chi connectivity index (χ2n) is 5.84. The van der Waals surface area contributed by atoms with Crippen LogP contribution in [0.1, 0.15) is 56.9 Å². The van der Waals surface area contributed by atoms with E-state index in [-0.39, 0.29) is 5.92 Å². The lowest BCUT2D eigenvalue weighted by atomic mass is 9.79. The van der Waals surface area contributed by atoms with Crippen molar-refractivity contribution in [1.82, 2.24) is 0 Å². The molecule has 1 fully saturated rings. The van der Waals surface area contributed by atoms with Crippen LogP contribution >= 0.6 is 0 Å². The number of halogens is 2. The molecule has 0 heterocycles. The molecular formula is C18H24F2O. The minimum Gasteiger partial charge on any atom is -0.494 e. The van der Waals surface area contributed by atoms with Crippen LogP contribution in [0.5, 0.6) is 5.75 Å². The SMILES string of the molecule is CCCCOc1ccc([C@H]2CC[C@H](C=C(F)F)CC2)cc1. The maximum absolute atomic E-state index is 12.3. The Balaban J connectivity index is 1.84. The Kier molecular flexibility index (Phi) is 6.21. The van der Waals surface area contributed by atoms with E-state index < -0.39 is 6.08 Å². The van der Waals surface area contributed by atoms with Gasteiger partial charge >= 0.3 is 0 Å². The van der Waals surface area contributed by atoms with Crippen LogP contribution in [0.2, 0.25) is 0 Å².